The molecule has 0 N–H and O–H groups in total. The number of para-hydroxylation sites is 1. The number of hydrogen-bond acceptors (Lipinski definition) is 1. The van der Waals surface area contributed by atoms with Crippen LogP contribution in [-0.2, 0) is 6.54 Å². The van der Waals surface area contributed by atoms with E-state index in [1.807, 2.05) is 43.3 Å². The molecular formula is C16H13BrCl2N2. The second-order valence-electron chi connectivity index (χ2n) is 4.87. The summed E-state index contributed by atoms with van der Waals surface area (Å²) >= 11 is 16.3. The Balaban J connectivity index is 2.20. The van der Waals surface area contributed by atoms with Gasteiger partial charge in [0, 0.05) is 4.47 Å². The van der Waals surface area contributed by atoms with Crippen LogP contribution in [0.15, 0.2) is 46.9 Å². The summed E-state index contributed by atoms with van der Waals surface area (Å²) in [6.07, 6.45) is 0. The summed E-state index contributed by atoms with van der Waals surface area (Å²) in [5.41, 5.74) is 2.96. The van der Waals surface area contributed by atoms with Gasteiger partial charge in [0.05, 0.1) is 28.0 Å². The molecule has 3 rings (SSSR count). The minimum Gasteiger partial charge on any atom is -0.321 e. The van der Waals surface area contributed by atoms with Crippen molar-refractivity contribution < 1.29 is 0 Å². The number of nitrogens with zero attached hydrogens (tertiary/aromatic N) is 2. The predicted octanol–water partition coefficient (Wildman–Crippen LogP) is 5.80. The number of rotatable bonds is 3. The van der Waals surface area contributed by atoms with Crippen molar-refractivity contribution in [2.24, 2.45) is 0 Å². The molecule has 1 unspecified atom stereocenters. The molecule has 0 saturated carbocycles. The Morgan fingerprint density at radius 1 is 1.19 bits per heavy atom. The molecule has 1 aromatic heterocycles. The van der Waals surface area contributed by atoms with Gasteiger partial charge in [-0.25, -0.2) is 4.98 Å². The minimum atomic E-state index is -0.184. The van der Waals surface area contributed by atoms with Crippen LogP contribution < -0.4 is 0 Å². The molecule has 3 aromatic rings. The van der Waals surface area contributed by atoms with E-state index in [9.17, 15) is 0 Å². The lowest BCUT2D eigenvalue weighted by Crippen LogP contribution is -2.06. The molecule has 0 amide bonds. The molecule has 0 spiro atoms. The van der Waals surface area contributed by atoms with Gasteiger partial charge < -0.3 is 4.57 Å². The Labute approximate surface area is 141 Å². The van der Waals surface area contributed by atoms with Crippen LogP contribution in [0.4, 0.5) is 0 Å². The fourth-order valence-corrected chi connectivity index (χ4v) is 3.27. The normalized spacial score (nSPS) is 12.8. The lowest BCUT2D eigenvalue weighted by atomic mass is 10.2. The number of halogens is 3. The summed E-state index contributed by atoms with van der Waals surface area (Å²) in [5, 5.41) is 0.506. The highest BCUT2D eigenvalue weighted by molar-refractivity contribution is 9.10. The number of aromatic nitrogens is 2. The Morgan fingerprint density at radius 3 is 2.67 bits per heavy atom. The highest BCUT2D eigenvalue weighted by Crippen LogP contribution is 2.30. The van der Waals surface area contributed by atoms with Crippen molar-refractivity contribution in [1.82, 2.24) is 9.55 Å². The van der Waals surface area contributed by atoms with E-state index < -0.39 is 0 Å². The zero-order valence-corrected chi connectivity index (χ0v) is 14.5. The summed E-state index contributed by atoms with van der Waals surface area (Å²) in [5.74, 6) is 0.829. The van der Waals surface area contributed by atoms with Crippen molar-refractivity contribution in [3.8, 4) is 0 Å². The first-order chi connectivity index (χ1) is 10.1. The lowest BCUT2D eigenvalue weighted by Gasteiger charge is -2.12. The van der Waals surface area contributed by atoms with E-state index in [4.69, 9.17) is 23.2 Å². The van der Waals surface area contributed by atoms with Gasteiger partial charge in [-0.2, -0.15) is 0 Å². The fraction of sp³-hybridized carbons (Fsp3) is 0.188. The molecule has 108 valence electrons. The smallest absolute Gasteiger partial charge is 0.128 e. The van der Waals surface area contributed by atoms with Crippen molar-refractivity contribution in [2.45, 2.75) is 18.8 Å². The summed E-state index contributed by atoms with van der Waals surface area (Å²) in [6, 6.07) is 13.9. The summed E-state index contributed by atoms with van der Waals surface area (Å²) < 4.78 is 3.15. The van der Waals surface area contributed by atoms with Crippen LogP contribution in [0.3, 0.4) is 0 Å². The maximum Gasteiger partial charge on any atom is 0.128 e. The van der Waals surface area contributed by atoms with Gasteiger partial charge in [-0.3, -0.25) is 0 Å². The van der Waals surface area contributed by atoms with Gasteiger partial charge in [0.1, 0.15) is 5.82 Å². The van der Waals surface area contributed by atoms with Gasteiger partial charge in [0.15, 0.2) is 0 Å². The second kappa shape index (κ2) is 5.99. The van der Waals surface area contributed by atoms with Gasteiger partial charge in [-0.05, 0) is 30.7 Å². The SMILES string of the molecule is CC(Cl)c1nc2cccc(Cl)c2n1Cc1ccccc1Br. The van der Waals surface area contributed by atoms with Crippen molar-refractivity contribution in [3.63, 3.8) is 0 Å². The molecule has 2 aromatic carbocycles. The Morgan fingerprint density at radius 2 is 1.95 bits per heavy atom. The highest BCUT2D eigenvalue weighted by Gasteiger charge is 2.17. The number of alkyl halides is 1. The Hall–Kier alpha value is -1.03. The van der Waals surface area contributed by atoms with E-state index in [0.29, 0.717) is 11.6 Å². The van der Waals surface area contributed by atoms with Gasteiger partial charge in [-0.15, -0.1) is 11.6 Å². The molecule has 0 aliphatic heterocycles. The van der Waals surface area contributed by atoms with Gasteiger partial charge in [-0.1, -0.05) is 51.8 Å². The first kappa shape index (κ1) is 14.9. The third-order valence-corrected chi connectivity index (χ3v) is 4.66. The van der Waals surface area contributed by atoms with Crippen LogP contribution in [-0.4, -0.2) is 9.55 Å². The maximum absolute atomic E-state index is 6.37. The van der Waals surface area contributed by atoms with Crippen LogP contribution in [0, 0.1) is 0 Å². The van der Waals surface area contributed by atoms with Crippen LogP contribution in [0.2, 0.25) is 5.02 Å². The summed E-state index contributed by atoms with van der Waals surface area (Å²) in [4.78, 5) is 4.63. The Kier molecular flexibility index (Phi) is 4.25. The predicted molar refractivity (Wildman–Crippen MR) is 92.3 cm³/mol. The topological polar surface area (TPSA) is 17.8 Å². The van der Waals surface area contributed by atoms with Crippen molar-refractivity contribution in [1.29, 1.82) is 0 Å². The number of imidazole rings is 1. The fourth-order valence-electron chi connectivity index (χ4n) is 2.42. The zero-order valence-electron chi connectivity index (χ0n) is 11.4. The zero-order chi connectivity index (χ0) is 15.0. The van der Waals surface area contributed by atoms with Gasteiger partial charge >= 0.3 is 0 Å². The van der Waals surface area contributed by atoms with Gasteiger partial charge in [0.2, 0.25) is 0 Å². The average Bonchev–Trinajstić information content (AvgIpc) is 2.82. The second-order valence-corrected chi connectivity index (χ2v) is 6.79. The van der Waals surface area contributed by atoms with E-state index in [2.05, 4.69) is 31.5 Å². The van der Waals surface area contributed by atoms with Crippen molar-refractivity contribution in [2.75, 3.05) is 0 Å². The largest absolute Gasteiger partial charge is 0.321 e. The molecule has 1 atom stereocenters. The van der Waals surface area contributed by atoms with E-state index in [1.54, 1.807) is 0 Å². The molecule has 0 aliphatic rings. The average molecular weight is 384 g/mol. The van der Waals surface area contributed by atoms with Crippen molar-refractivity contribution >= 4 is 50.2 Å². The Bertz CT molecular complexity index is 796. The number of hydrogen-bond donors (Lipinski definition) is 0. The molecular weight excluding hydrogens is 371 g/mol. The van der Waals surface area contributed by atoms with Gasteiger partial charge in [0.25, 0.3) is 0 Å². The third kappa shape index (κ3) is 2.83. The van der Waals surface area contributed by atoms with E-state index >= 15 is 0 Å². The first-order valence-electron chi connectivity index (χ1n) is 6.60. The molecule has 0 radical (unpaired) electrons. The molecule has 5 heteroatoms. The van der Waals surface area contributed by atoms with Crippen LogP contribution >= 0.6 is 39.1 Å². The third-order valence-electron chi connectivity index (χ3n) is 3.39. The molecule has 0 saturated heterocycles. The van der Waals surface area contributed by atoms with Crippen LogP contribution in [0.1, 0.15) is 23.7 Å². The maximum atomic E-state index is 6.37. The van der Waals surface area contributed by atoms with E-state index in [-0.39, 0.29) is 5.38 Å². The first-order valence-corrected chi connectivity index (χ1v) is 8.21. The lowest BCUT2D eigenvalue weighted by molar-refractivity contribution is 0.741. The molecule has 21 heavy (non-hydrogen) atoms. The van der Waals surface area contributed by atoms with E-state index in [0.717, 1.165) is 26.9 Å². The summed E-state index contributed by atoms with van der Waals surface area (Å²) in [7, 11) is 0. The van der Waals surface area contributed by atoms with Crippen LogP contribution in [0.5, 0.6) is 0 Å². The molecule has 0 aliphatic carbocycles. The highest BCUT2D eigenvalue weighted by atomic mass is 79.9. The van der Waals surface area contributed by atoms with Crippen molar-refractivity contribution in [3.05, 3.63) is 63.3 Å². The molecule has 1 heterocycles. The number of benzene rings is 2. The quantitative estimate of drug-likeness (QED) is 0.522. The van der Waals surface area contributed by atoms with E-state index in [1.165, 1.54) is 0 Å². The molecule has 0 fully saturated rings. The summed E-state index contributed by atoms with van der Waals surface area (Å²) in [6.45, 7) is 2.60. The minimum absolute atomic E-state index is 0.184. The monoisotopic (exact) mass is 382 g/mol. The molecule has 0 bridgehead atoms. The molecule has 2 nitrogen and oxygen atoms in total. The standard InChI is InChI=1S/C16H13BrCl2N2/c1-10(18)16-20-14-8-4-7-13(19)15(14)21(16)9-11-5-2-3-6-12(11)17/h2-8,10H,9H2,1H3. The van der Waals surface area contributed by atoms with Crippen LogP contribution in [0.25, 0.3) is 11.0 Å². The number of fused-ring (bicyclic) bond motifs is 1.